The number of carbonyl (C=O) groups excluding carboxylic acids is 1. The van der Waals surface area contributed by atoms with Crippen molar-refractivity contribution in [3.05, 3.63) is 35.4 Å². The maximum atomic E-state index is 12.6. The summed E-state index contributed by atoms with van der Waals surface area (Å²) in [6.45, 7) is 12.8. The van der Waals surface area contributed by atoms with Gasteiger partial charge in [-0.15, -0.1) is 0 Å². The molecule has 1 rings (SSSR count). The molecule has 54 heavy (non-hydrogen) atoms. The predicted molar refractivity (Wildman–Crippen MR) is 240 cm³/mol. The van der Waals surface area contributed by atoms with E-state index in [0.29, 0.717) is 18.6 Å². The molecule has 0 fully saturated rings. The zero-order valence-corrected chi connectivity index (χ0v) is 37.3. The van der Waals surface area contributed by atoms with E-state index in [4.69, 9.17) is 4.74 Å². The SMILES string of the molecule is CCCCCCCCCCCCCCCC(CCCCCCCCCCCCCCC)NCCCCCCCOC(=O)C(C)c1ccc(CC(C)C)cc1. The molecule has 0 aliphatic heterocycles. The monoisotopic (exact) mass is 754 g/mol. The van der Waals surface area contributed by atoms with Crippen molar-refractivity contribution in [2.75, 3.05) is 13.2 Å². The second-order valence-electron chi connectivity index (χ2n) is 17.7. The summed E-state index contributed by atoms with van der Waals surface area (Å²) in [4.78, 5) is 12.6. The first-order valence-electron chi connectivity index (χ1n) is 24.5. The molecule has 0 aromatic heterocycles. The number of rotatable bonds is 41. The van der Waals surface area contributed by atoms with E-state index in [-0.39, 0.29) is 11.9 Å². The van der Waals surface area contributed by atoms with Crippen LogP contribution in [0.1, 0.15) is 264 Å². The maximum Gasteiger partial charge on any atom is 0.313 e. The fraction of sp³-hybridized carbons (Fsp3) is 0.863. The van der Waals surface area contributed by atoms with Gasteiger partial charge in [-0.1, -0.05) is 238 Å². The lowest BCUT2D eigenvalue weighted by molar-refractivity contribution is -0.145. The molecule has 0 amide bonds. The molecular formula is C51H95NO2. The van der Waals surface area contributed by atoms with Crippen LogP contribution in [0.2, 0.25) is 0 Å². The summed E-state index contributed by atoms with van der Waals surface area (Å²) in [6, 6.07) is 9.23. The third kappa shape index (κ3) is 31.8. The molecule has 0 saturated heterocycles. The summed E-state index contributed by atoms with van der Waals surface area (Å²) < 4.78 is 5.66. The van der Waals surface area contributed by atoms with Crippen molar-refractivity contribution in [1.82, 2.24) is 5.32 Å². The van der Waals surface area contributed by atoms with Crippen molar-refractivity contribution < 1.29 is 9.53 Å². The third-order valence-electron chi connectivity index (χ3n) is 11.8. The van der Waals surface area contributed by atoms with Crippen molar-refractivity contribution in [2.24, 2.45) is 5.92 Å². The lowest BCUT2D eigenvalue weighted by Gasteiger charge is -2.19. The van der Waals surface area contributed by atoms with E-state index in [1.54, 1.807) is 0 Å². The van der Waals surface area contributed by atoms with Gasteiger partial charge in [0.25, 0.3) is 0 Å². The molecule has 3 nitrogen and oxygen atoms in total. The van der Waals surface area contributed by atoms with E-state index in [1.807, 2.05) is 6.92 Å². The van der Waals surface area contributed by atoms with Gasteiger partial charge in [0, 0.05) is 6.04 Å². The van der Waals surface area contributed by atoms with Gasteiger partial charge in [0.2, 0.25) is 0 Å². The molecule has 1 atom stereocenters. The van der Waals surface area contributed by atoms with Crippen LogP contribution in [0.4, 0.5) is 0 Å². The fourth-order valence-corrected chi connectivity index (χ4v) is 8.08. The van der Waals surface area contributed by atoms with E-state index in [9.17, 15) is 4.79 Å². The highest BCUT2D eigenvalue weighted by Gasteiger charge is 2.16. The summed E-state index contributed by atoms with van der Waals surface area (Å²) >= 11 is 0. The highest BCUT2D eigenvalue weighted by Crippen LogP contribution is 2.20. The third-order valence-corrected chi connectivity index (χ3v) is 11.8. The van der Waals surface area contributed by atoms with Gasteiger partial charge in [0.1, 0.15) is 0 Å². The number of nitrogens with one attached hydrogen (secondary N) is 1. The average molecular weight is 754 g/mol. The Balaban J connectivity index is 2.19. The number of esters is 1. The highest BCUT2D eigenvalue weighted by atomic mass is 16.5. The van der Waals surface area contributed by atoms with Crippen LogP contribution >= 0.6 is 0 Å². The molecule has 1 aromatic carbocycles. The summed E-state index contributed by atoms with van der Waals surface area (Å²) in [5.41, 5.74) is 2.39. The number of hydrogen-bond donors (Lipinski definition) is 1. The van der Waals surface area contributed by atoms with Gasteiger partial charge in [-0.2, -0.15) is 0 Å². The quantitative estimate of drug-likeness (QED) is 0.0534. The van der Waals surface area contributed by atoms with Crippen molar-refractivity contribution in [3.8, 4) is 0 Å². The normalized spacial score (nSPS) is 12.3. The van der Waals surface area contributed by atoms with Gasteiger partial charge in [0.15, 0.2) is 0 Å². The Morgan fingerprint density at radius 1 is 0.500 bits per heavy atom. The lowest BCUT2D eigenvalue weighted by Crippen LogP contribution is -2.30. The van der Waals surface area contributed by atoms with Crippen molar-refractivity contribution in [1.29, 1.82) is 0 Å². The largest absolute Gasteiger partial charge is 0.465 e. The molecule has 0 saturated carbocycles. The number of hydrogen-bond acceptors (Lipinski definition) is 3. The van der Waals surface area contributed by atoms with E-state index < -0.39 is 0 Å². The summed E-state index contributed by atoms with van der Waals surface area (Å²) in [7, 11) is 0. The Morgan fingerprint density at radius 2 is 0.870 bits per heavy atom. The Bertz CT molecular complexity index is 881. The number of carbonyl (C=O) groups is 1. The van der Waals surface area contributed by atoms with Crippen molar-refractivity contribution >= 4 is 5.97 Å². The lowest BCUT2D eigenvalue weighted by atomic mass is 9.97. The van der Waals surface area contributed by atoms with Crippen molar-refractivity contribution in [3.63, 3.8) is 0 Å². The van der Waals surface area contributed by atoms with Gasteiger partial charge >= 0.3 is 5.97 Å². The summed E-state index contributed by atoms with van der Waals surface area (Å²) in [5, 5.41) is 3.99. The molecule has 1 unspecified atom stereocenters. The van der Waals surface area contributed by atoms with Crippen LogP contribution in [0.25, 0.3) is 0 Å². The molecule has 0 bridgehead atoms. The van der Waals surface area contributed by atoms with Gasteiger partial charge in [-0.3, -0.25) is 4.79 Å². The topological polar surface area (TPSA) is 38.3 Å². The number of ether oxygens (including phenoxy) is 1. The van der Waals surface area contributed by atoms with Crippen LogP contribution < -0.4 is 5.32 Å². The first-order valence-corrected chi connectivity index (χ1v) is 24.5. The summed E-state index contributed by atoms with van der Waals surface area (Å²) in [6.07, 6.45) is 47.0. The fourth-order valence-electron chi connectivity index (χ4n) is 8.08. The van der Waals surface area contributed by atoms with Crippen LogP contribution in [0, 0.1) is 5.92 Å². The minimum absolute atomic E-state index is 0.0890. The van der Waals surface area contributed by atoms with Crippen LogP contribution in [-0.2, 0) is 16.0 Å². The molecule has 0 spiro atoms. The van der Waals surface area contributed by atoms with E-state index in [0.717, 1.165) is 31.4 Å². The Morgan fingerprint density at radius 3 is 1.28 bits per heavy atom. The molecule has 1 aromatic rings. The van der Waals surface area contributed by atoms with Crippen LogP contribution in [0.3, 0.4) is 0 Å². The van der Waals surface area contributed by atoms with E-state index >= 15 is 0 Å². The summed E-state index contributed by atoms with van der Waals surface area (Å²) in [5.74, 6) is 0.356. The molecule has 1 N–H and O–H groups in total. The van der Waals surface area contributed by atoms with Gasteiger partial charge < -0.3 is 10.1 Å². The maximum absolute atomic E-state index is 12.6. The van der Waals surface area contributed by atoms with Gasteiger partial charge in [0.05, 0.1) is 12.5 Å². The van der Waals surface area contributed by atoms with E-state index in [1.165, 1.54) is 205 Å². The Kier molecular flexibility index (Phi) is 36.1. The molecule has 3 heteroatoms. The van der Waals surface area contributed by atoms with E-state index in [2.05, 4.69) is 57.3 Å². The van der Waals surface area contributed by atoms with Crippen molar-refractivity contribution in [2.45, 2.75) is 265 Å². The average Bonchev–Trinajstić information content (AvgIpc) is 3.17. The Hall–Kier alpha value is -1.35. The molecule has 0 radical (unpaired) electrons. The minimum atomic E-state index is -0.198. The second-order valence-corrected chi connectivity index (χ2v) is 17.7. The molecule has 0 aliphatic carbocycles. The molecule has 0 heterocycles. The predicted octanol–water partition coefficient (Wildman–Crippen LogP) is 16.4. The number of benzene rings is 1. The Labute approximate surface area is 339 Å². The minimum Gasteiger partial charge on any atom is -0.465 e. The molecule has 0 aliphatic rings. The van der Waals surface area contributed by atoms with Gasteiger partial charge in [-0.25, -0.2) is 0 Å². The smallest absolute Gasteiger partial charge is 0.313 e. The van der Waals surface area contributed by atoms with Crippen LogP contribution in [0.5, 0.6) is 0 Å². The number of unbranched alkanes of at least 4 members (excludes halogenated alkanes) is 28. The van der Waals surface area contributed by atoms with Gasteiger partial charge in [-0.05, 0) is 62.6 Å². The standard InChI is InChI=1S/C51H95NO2/c1-6-8-10-12-14-16-18-20-22-24-26-29-33-37-50(38-34-30-27-25-23-21-19-17-15-13-11-9-7-2)52-43-35-31-28-32-36-44-54-51(53)47(5)49-41-39-48(40-42-49)45-46(3)4/h39-42,46-47,50,52H,6-38,43-45H2,1-5H3. The highest BCUT2D eigenvalue weighted by molar-refractivity contribution is 5.77. The second kappa shape index (κ2) is 38.5. The first-order chi connectivity index (χ1) is 26.5. The first kappa shape index (κ1) is 50.7. The zero-order chi connectivity index (χ0) is 39.2. The molecule has 316 valence electrons. The van der Waals surface area contributed by atoms with Crippen LogP contribution in [-0.4, -0.2) is 25.2 Å². The van der Waals surface area contributed by atoms with Crippen LogP contribution in [0.15, 0.2) is 24.3 Å². The molecular weight excluding hydrogens is 659 g/mol. The zero-order valence-electron chi connectivity index (χ0n) is 37.3.